The molecule has 1 aromatic carbocycles. The SMILES string of the molecule is C.CCOc1ccc(S(=O)(=O)N2CCCC(O)C2)cc1-c1nn2c(C3CCCC3)nc(C)c2c(=O)[nH]1. The minimum atomic E-state index is -3.85. The lowest BCUT2D eigenvalue weighted by Gasteiger charge is -2.29. The Labute approximate surface area is 211 Å². The molecule has 0 spiro atoms. The second-order valence-corrected chi connectivity index (χ2v) is 11.3. The van der Waals surface area contributed by atoms with Crippen molar-refractivity contribution in [2.24, 2.45) is 0 Å². The Morgan fingerprint density at radius 1 is 1.19 bits per heavy atom. The molecule has 0 bridgehead atoms. The fraction of sp³-hybridized carbons (Fsp3) is 0.560. The summed E-state index contributed by atoms with van der Waals surface area (Å²) >= 11 is 0. The number of hydrogen-bond acceptors (Lipinski definition) is 7. The van der Waals surface area contributed by atoms with Gasteiger partial charge >= 0.3 is 0 Å². The third-order valence-electron chi connectivity index (χ3n) is 6.92. The smallest absolute Gasteiger partial charge is 0.277 e. The number of rotatable bonds is 6. The summed E-state index contributed by atoms with van der Waals surface area (Å²) in [6, 6.07) is 4.57. The molecule has 1 unspecified atom stereocenters. The number of imidazole rings is 1. The number of nitrogens with zero attached hydrogens (tertiary/aromatic N) is 4. The van der Waals surface area contributed by atoms with Gasteiger partial charge in [0, 0.05) is 19.0 Å². The van der Waals surface area contributed by atoms with Crippen LogP contribution < -0.4 is 10.3 Å². The topological polar surface area (TPSA) is 130 Å². The highest BCUT2D eigenvalue weighted by atomic mass is 32.2. The van der Waals surface area contributed by atoms with Gasteiger partial charge in [0.05, 0.1) is 28.9 Å². The lowest BCUT2D eigenvalue weighted by Crippen LogP contribution is -2.42. The fourth-order valence-electron chi connectivity index (χ4n) is 5.19. The normalized spacial score (nSPS) is 19.5. The summed E-state index contributed by atoms with van der Waals surface area (Å²) in [5.41, 5.74) is 1.07. The van der Waals surface area contributed by atoms with E-state index in [2.05, 4.69) is 9.97 Å². The summed E-state index contributed by atoms with van der Waals surface area (Å²) in [4.78, 5) is 20.7. The molecule has 1 aliphatic carbocycles. The molecule has 3 heterocycles. The molecule has 1 atom stereocenters. The zero-order valence-electron chi connectivity index (χ0n) is 20.0. The van der Waals surface area contributed by atoms with Gasteiger partial charge in [-0.05, 0) is 57.7 Å². The number of ether oxygens (including phenoxy) is 1. The first-order chi connectivity index (χ1) is 16.8. The van der Waals surface area contributed by atoms with Crippen LogP contribution in [0.4, 0.5) is 0 Å². The fourth-order valence-corrected chi connectivity index (χ4v) is 6.73. The maximum Gasteiger partial charge on any atom is 0.277 e. The van der Waals surface area contributed by atoms with Crippen LogP contribution in [0.25, 0.3) is 16.9 Å². The number of aromatic nitrogens is 4. The Morgan fingerprint density at radius 2 is 1.94 bits per heavy atom. The molecule has 10 nitrogen and oxygen atoms in total. The average Bonchev–Trinajstić information content (AvgIpc) is 3.47. The van der Waals surface area contributed by atoms with E-state index in [-0.39, 0.29) is 36.2 Å². The van der Waals surface area contributed by atoms with E-state index in [1.54, 1.807) is 17.5 Å². The molecule has 3 aromatic rings. The van der Waals surface area contributed by atoms with Gasteiger partial charge in [-0.1, -0.05) is 20.3 Å². The minimum Gasteiger partial charge on any atom is -0.493 e. The number of piperidine rings is 1. The van der Waals surface area contributed by atoms with Gasteiger partial charge in [0.15, 0.2) is 11.3 Å². The minimum absolute atomic E-state index is 0. The lowest BCUT2D eigenvalue weighted by atomic mass is 10.1. The second-order valence-electron chi connectivity index (χ2n) is 9.35. The van der Waals surface area contributed by atoms with E-state index in [0.717, 1.165) is 31.5 Å². The maximum atomic E-state index is 13.4. The molecule has 5 rings (SSSR count). The van der Waals surface area contributed by atoms with E-state index in [1.165, 1.54) is 16.4 Å². The van der Waals surface area contributed by atoms with Crippen LogP contribution >= 0.6 is 0 Å². The number of benzene rings is 1. The third-order valence-corrected chi connectivity index (χ3v) is 8.79. The molecule has 2 fully saturated rings. The van der Waals surface area contributed by atoms with Crippen LogP contribution in [0.1, 0.15) is 70.3 Å². The Hall–Kier alpha value is -2.76. The van der Waals surface area contributed by atoms with Crippen molar-refractivity contribution in [3.63, 3.8) is 0 Å². The molecule has 196 valence electrons. The number of fused-ring (bicyclic) bond motifs is 1. The molecular weight excluding hydrogens is 482 g/mol. The van der Waals surface area contributed by atoms with Crippen LogP contribution in [0.2, 0.25) is 0 Å². The van der Waals surface area contributed by atoms with Gasteiger partial charge in [0.2, 0.25) is 10.0 Å². The number of sulfonamides is 1. The highest BCUT2D eigenvalue weighted by Crippen LogP contribution is 2.35. The van der Waals surface area contributed by atoms with Gasteiger partial charge in [-0.3, -0.25) is 4.79 Å². The summed E-state index contributed by atoms with van der Waals surface area (Å²) in [7, 11) is -3.85. The molecular formula is C25H35N5O5S. The largest absolute Gasteiger partial charge is 0.493 e. The summed E-state index contributed by atoms with van der Waals surface area (Å²) in [6.45, 7) is 4.41. The molecule has 1 aliphatic heterocycles. The molecule has 36 heavy (non-hydrogen) atoms. The van der Waals surface area contributed by atoms with E-state index in [1.807, 2.05) is 6.92 Å². The average molecular weight is 518 g/mol. The predicted molar refractivity (Wildman–Crippen MR) is 137 cm³/mol. The zero-order valence-corrected chi connectivity index (χ0v) is 20.8. The zero-order chi connectivity index (χ0) is 24.7. The first-order valence-electron chi connectivity index (χ1n) is 12.2. The molecule has 0 radical (unpaired) electrons. The van der Waals surface area contributed by atoms with Gasteiger partial charge in [-0.15, -0.1) is 5.10 Å². The van der Waals surface area contributed by atoms with Gasteiger partial charge < -0.3 is 14.8 Å². The Morgan fingerprint density at radius 3 is 2.64 bits per heavy atom. The van der Waals surface area contributed by atoms with Gasteiger partial charge in [0.25, 0.3) is 5.56 Å². The Kier molecular flexibility index (Phi) is 7.53. The van der Waals surface area contributed by atoms with Crippen molar-refractivity contribution in [2.75, 3.05) is 19.7 Å². The molecule has 2 aliphatic rings. The molecule has 0 amide bonds. The number of aromatic amines is 1. The number of aliphatic hydroxyl groups is 1. The molecule has 1 saturated heterocycles. The molecule has 2 aromatic heterocycles. The van der Waals surface area contributed by atoms with E-state index < -0.39 is 16.1 Å². The lowest BCUT2D eigenvalue weighted by molar-refractivity contribution is 0.108. The number of H-pyrrole nitrogens is 1. The van der Waals surface area contributed by atoms with Gasteiger partial charge in [-0.2, -0.15) is 4.31 Å². The van der Waals surface area contributed by atoms with Crippen molar-refractivity contribution >= 4 is 15.5 Å². The van der Waals surface area contributed by atoms with E-state index in [0.29, 0.717) is 48.5 Å². The van der Waals surface area contributed by atoms with Crippen LogP contribution in [0.3, 0.4) is 0 Å². The van der Waals surface area contributed by atoms with Crippen molar-refractivity contribution in [2.45, 2.75) is 76.7 Å². The van der Waals surface area contributed by atoms with Gasteiger partial charge in [0.1, 0.15) is 11.6 Å². The highest BCUT2D eigenvalue weighted by molar-refractivity contribution is 7.89. The van der Waals surface area contributed by atoms with Crippen LogP contribution in [0.15, 0.2) is 27.9 Å². The van der Waals surface area contributed by atoms with E-state index >= 15 is 0 Å². The van der Waals surface area contributed by atoms with Crippen LogP contribution in [-0.2, 0) is 10.0 Å². The Balaban J connectivity index is 0.00000304. The first-order valence-corrected chi connectivity index (χ1v) is 13.7. The summed E-state index contributed by atoms with van der Waals surface area (Å²) in [6.07, 6.45) is 4.74. The number of β-amino-alcohol motifs (C(OH)–C–C–N with tert-alkyl or cyclic N) is 1. The number of aryl methyl sites for hydroxylation is 1. The monoisotopic (exact) mass is 517 g/mol. The maximum absolute atomic E-state index is 13.4. The standard InChI is InChI=1S/C24H31N5O5S.CH4/c1-3-34-20-11-10-18(35(32,33)28-12-6-9-17(30)14-28)13-19(20)22-26-24(31)21-15(2)25-23(29(21)27-22)16-7-4-5-8-16;/h10-11,13,16-17,30H,3-9,12,14H2,1-2H3,(H,26,27,31);1H4. The quantitative estimate of drug-likeness (QED) is 0.513. The number of aliphatic hydroxyl groups excluding tert-OH is 1. The van der Waals surface area contributed by atoms with Crippen molar-refractivity contribution in [3.05, 3.63) is 40.1 Å². The second kappa shape index (κ2) is 10.3. The van der Waals surface area contributed by atoms with Crippen LogP contribution in [0, 0.1) is 6.92 Å². The van der Waals surface area contributed by atoms with E-state index in [9.17, 15) is 18.3 Å². The van der Waals surface area contributed by atoms with Crippen molar-refractivity contribution < 1.29 is 18.3 Å². The number of nitrogens with one attached hydrogen (secondary N) is 1. The van der Waals surface area contributed by atoms with Crippen molar-refractivity contribution in [3.8, 4) is 17.1 Å². The molecule has 2 N–H and O–H groups in total. The Bertz CT molecular complexity index is 1410. The number of hydrogen-bond donors (Lipinski definition) is 2. The summed E-state index contributed by atoms with van der Waals surface area (Å²) < 4.78 is 35.4. The molecule has 1 saturated carbocycles. The van der Waals surface area contributed by atoms with Crippen molar-refractivity contribution in [1.82, 2.24) is 23.9 Å². The van der Waals surface area contributed by atoms with Crippen LogP contribution in [0.5, 0.6) is 5.75 Å². The summed E-state index contributed by atoms with van der Waals surface area (Å²) in [5, 5.41) is 14.7. The van der Waals surface area contributed by atoms with Crippen molar-refractivity contribution in [1.29, 1.82) is 0 Å². The highest BCUT2D eigenvalue weighted by Gasteiger charge is 2.31. The third kappa shape index (κ3) is 4.67. The van der Waals surface area contributed by atoms with E-state index in [4.69, 9.17) is 9.84 Å². The summed E-state index contributed by atoms with van der Waals surface area (Å²) in [5.74, 6) is 1.65. The predicted octanol–water partition coefficient (Wildman–Crippen LogP) is 3.23. The van der Waals surface area contributed by atoms with Gasteiger partial charge in [-0.25, -0.2) is 17.9 Å². The first kappa shape index (κ1) is 26.3. The molecule has 11 heteroatoms. The van der Waals surface area contributed by atoms with Crippen LogP contribution in [-0.4, -0.2) is 63.2 Å².